The number of pyridine rings is 3. The quantitative estimate of drug-likeness (QED) is 0.0239. The highest BCUT2D eigenvalue weighted by Gasteiger charge is 2.38. The predicted octanol–water partition coefficient (Wildman–Crippen LogP) is 16.4. The van der Waals surface area contributed by atoms with E-state index in [1.165, 1.54) is 57.2 Å². The Morgan fingerprint density at radius 2 is 0.883 bits per heavy atom. The Bertz CT molecular complexity index is 7140. The third-order valence-corrected chi connectivity index (χ3v) is 28.3. The number of piperidine rings is 1. The van der Waals surface area contributed by atoms with Crippen molar-refractivity contribution in [2.24, 2.45) is 5.41 Å². The number of aromatic nitrogens is 15. The summed E-state index contributed by atoms with van der Waals surface area (Å²) in [5.74, 6) is 0.432. The van der Waals surface area contributed by atoms with Crippen molar-refractivity contribution >= 4 is 143 Å². The molecule has 3 saturated heterocycles. The van der Waals surface area contributed by atoms with Gasteiger partial charge in [-0.3, -0.25) is 50.8 Å². The van der Waals surface area contributed by atoms with Crippen molar-refractivity contribution in [1.29, 1.82) is 0 Å². The van der Waals surface area contributed by atoms with E-state index in [9.17, 15) is 54.6 Å². The first-order valence-corrected chi connectivity index (χ1v) is 50.7. The Morgan fingerprint density at radius 3 is 1.28 bits per heavy atom. The number of thiazole rings is 4. The maximum absolute atomic E-state index is 12.2. The summed E-state index contributed by atoms with van der Waals surface area (Å²) in [4.78, 5) is 134. The summed E-state index contributed by atoms with van der Waals surface area (Å²) in [5, 5.41) is 85.7. The Morgan fingerprint density at radius 1 is 0.448 bits per heavy atom. The number of likely N-dealkylation sites (tertiary alicyclic amines) is 1. The molecule has 3 aliphatic heterocycles. The number of rotatable bonds is 26. The SMILES string of the molecule is CCNC(=O)Nc1nc2cc(-c3ccc(C(C)(C)O)nc3)c(O)c(CN3CCOCC3)c2s1.CCNC(=O)Nc1nc2cc(-c3cnc(C(C)(C)O)nc3)cc(-c3cc(C)ncn3)c2s1.CCNC(=O)Nc1nc2cc(-c3cnc(C(C)(C)O)nc3)cc(-c3cc(CN4CC[C@@H](OC)C4)ccn3)c2s1.CCNC(=O)Nc1nc2cc(-c3cnc(C(C)(C)O)nc3)cc(-c3ccc(N4CCC(C)(C(=O)O)CC4)cn3)c2s1. The molecule has 3 aliphatic rings. The third-order valence-electron chi connectivity index (χ3n) is 24.2. The van der Waals surface area contributed by atoms with Gasteiger partial charge >= 0.3 is 30.1 Å². The molecule has 0 saturated carbocycles. The number of benzene rings is 4. The van der Waals surface area contributed by atoms with Gasteiger partial charge < -0.3 is 66.3 Å². The van der Waals surface area contributed by atoms with Crippen molar-refractivity contribution in [2.75, 3.05) is 112 Å². The van der Waals surface area contributed by atoms with Crippen LogP contribution in [0.2, 0.25) is 0 Å². The number of hydrogen-bond donors (Lipinski definition) is 14. The summed E-state index contributed by atoms with van der Waals surface area (Å²) in [6.07, 6.45) is 19.4. The van der Waals surface area contributed by atoms with Crippen LogP contribution in [0.4, 0.5) is 45.4 Å². The summed E-state index contributed by atoms with van der Waals surface area (Å²) in [6.45, 7) is 33.8. The number of carbonyl (C=O) groups is 5. The van der Waals surface area contributed by atoms with Crippen molar-refractivity contribution < 1.29 is 64.1 Å². The van der Waals surface area contributed by atoms with E-state index in [0.29, 0.717) is 132 Å². The zero-order valence-corrected chi connectivity index (χ0v) is 86.4. The zero-order valence-electron chi connectivity index (χ0n) is 83.2. The van der Waals surface area contributed by atoms with Crippen LogP contribution in [-0.4, -0.2) is 237 Å². The zero-order chi connectivity index (χ0) is 103. The number of amides is 8. The molecule has 43 heteroatoms. The molecule has 14 N–H and O–H groups in total. The maximum atomic E-state index is 12.2. The Kier molecular flexibility index (Phi) is 33.1. The van der Waals surface area contributed by atoms with Crippen LogP contribution in [-0.2, 0) is 49.8 Å². The molecule has 4 aromatic carbocycles. The average molecular weight is 2040 g/mol. The number of morpholine rings is 1. The molecule has 39 nitrogen and oxygen atoms in total. The lowest BCUT2D eigenvalue weighted by atomic mass is 9.80. The standard InChI is InChI=1S/C29H33N7O4S.C28H33N7O3S.C23H29N5O4S.C22H23N7O2S/c1-5-30-26(39)35-27-34-22-13-17(18-14-32-24(33-15-18)28(2,3)40)12-20(23(22)41-27)21-7-6-19(16-31-21)36-10-8-29(4,9-11-36)25(37)38;1-5-29-26(36)34-27-33-23-12-18(19-13-31-25(32-14-19)28(2,3)37)11-21(24(23)39-27)22-10-17(6-8-30-22)15-35-9-7-20(16-35)38-4;1-4-24-21(30)27-22-26-17-11-15(14-5-6-18(25-12-14)23(2,3)31)19(29)16(20(17)33-22)13-28-7-9-32-10-8-28;1-5-23-20(30)29-21-28-17-8-13(14-9-24-19(25-10-14)22(3,4)31)7-15(18(17)32-21)16-6-12(2)26-11-27-16/h6-7,12-16,40H,5,8-11H2,1-4H3,(H,37,38)(H2,30,34,35,39);6,8,10-14,20,37H,5,7,9,15-16H2,1-4H3,(H2,29,33,34,36);5-6,11-12,29,31H,4,7-10,13H2,1-3H3,(H2,24,26,27,30);6-11,31H,5H2,1-4H3,(H2,23,28,29,30)/t;20-;;/m.1../s1. The predicted molar refractivity (Wildman–Crippen MR) is 564 cm³/mol. The van der Waals surface area contributed by atoms with Gasteiger partial charge in [-0.1, -0.05) is 51.4 Å². The first-order valence-electron chi connectivity index (χ1n) is 47.5. The molecule has 11 aromatic heterocycles. The largest absolute Gasteiger partial charge is 0.507 e. The number of fused-ring (bicyclic) bond motifs is 4. The van der Waals surface area contributed by atoms with Crippen LogP contribution in [0.5, 0.6) is 5.75 Å². The number of carboxylic acids is 1. The molecule has 758 valence electrons. The number of phenolic OH excluding ortho intramolecular Hbond substituents is 1. The van der Waals surface area contributed by atoms with Crippen molar-refractivity contribution in [3.63, 3.8) is 0 Å². The molecular formula is C102H118N26O13S4. The highest BCUT2D eigenvalue weighted by Crippen LogP contribution is 2.46. The number of methoxy groups -OCH3 is 1. The van der Waals surface area contributed by atoms with Crippen molar-refractivity contribution in [1.82, 2.24) is 106 Å². The highest BCUT2D eigenvalue weighted by atomic mass is 32.1. The molecule has 0 bridgehead atoms. The van der Waals surface area contributed by atoms with Gasteiger partial charge in [-0.05, 0) is 217 Å². The number of hydrogen-bond acceptors (Lipinski definition) is 34. The number of carboxylic acid groups (broad SMARTS) is 1. The van der Waals surface area contributed by atoms with Gasteiger partial charge in [0.25, 0.3) is 0 Å². The lowest BCUT2D eigenvalue weighted by molar-refractivity contribution is -0.149. The van der Waals surface area contributed by atoms with E-state index in [2.05, 4.69) is 129 Å². The molecule has 0 aliphatic carbocycles. The van der Waals surface area contributed by atoms with Gasteiger partial charge in [0.2, 0.25) is 0 Å². The highest BCUT2D eigenvalue weighted by molar-refractivity contribution is 7.24. The Balaban J connectivity index is 0.000000146. The number of aliphatic hydroxyl groups is 4. The molecule has 14 heterocycles. The molecule has 0 radical (unpaired) electrons. The molecule has 1 atom stereocenters. The second kappa shape index (κ2) is 45.5. The fourth-order valence-corrected chi connectivity index (χ4v) is 20.1. The topological polar surface area (TPSA) is 524 Å². The molecular weight excluding hydrogens is 1930 g/mol. The molecule has 18 rings (SSSR count). The van der Waals surface area contributed by atoms with Crippen LogP contribution in [0.15, 0.2) is 147 Å². The van der Waals surface area contributed by atoms with Crippen molar-refractivity contribution in [2.45, 2.75) is 158 Å². The van der Waals surface area contributed by atoms with Gasteiger partial charge in [0.15, 0.2) is 38.0 Å². The lowest BCUT2D eigenvalue weighted by Crippen LogP contribution is -2.42. The molecule has 0 unspecified atom stereocenters. The van der Waals surface area contributed by atoms with Gasteiger partial charge in [0.05, 0.1) is 100 Å². The molecule has 3 fully saturated rings. The van der Waals surface area contributed by atoms with Crippen molar-refractivity contribution in [3.8, 4) is 84.0 Å². The molecule has 15 aromatic rings. The minimum Gasteiger partial charge on any atom is -0.507 e. The summed E-state index contributed by atoms with van der Waals surface area (Å²) >= 11 is 5.50. The van der Waals surface area contributed by atoms with Crippen LogP contribution in [0, 0.1) is 12.3 Å². The summed E-state index contributed by atoms with van der Waals surface area (Å²) in [5.41, 5.74) is 13.0. The second-order valence-corrected chi connectivity index (χ2v) is 41.4. The van der Waals surface area contributed by atoms with E-state index in [1.807, 2.05) is 114 Å². The number of nitrogens with zero attached hydrogens (tertiary/aromatic N) is 18. The number of nitrogens with one attached hydrogen (secondary N) is 8. The van der Waals surface area contributed by atoms with E-state index in [1.54, 1.807) is 119 Å². The normalized spacial score (nSPS) is 14.6. The van der Waals surface area contributed by atoms with Gasteiger partial charge in [-0.2, -0.15) is 0 Å². The minimum absolute atomic E-state index is 0.167. The average Bonchev–Trinajstić information content (AvgIpc) is 1.64. The number of aromatic hydroxyl groups is 1. The fourth-order valence-electron chi connectivity index (χ4n) is 16.3. The first-order chi connectivity index (χ1) is 69.2. The summed E-state index contributed by atoms with van der Waals surface area (Å²) in [7, 11) is 1.77. The van der Waals surface area contributed by atoms with E-state index >= 15 is 0 Å². The van der Waals surface area contributed by atoms with E-state index in [-0.39, 0.29) is 36.0 Å². The number of anilines is 5. The van der Waals surface area contributed by atoms with Gasteiger partial charge in [0.1, 0.15) is 34.5 Å². The number of ether oxygens (including phenoxy) is 2. The van der Waals surface area contributed by atoms with E-state index < -0.39 is 33.8 Å². The van der Waals surface area contributed by atoms with E-state index in [0.717, 1.165) is 159 Å². The minimum atomic E-state index is -1.16. The number of aliphatic carboxylic acids is 1. The van der Waals surface area contributed by atoms with Gasteiger partial charge in [-0.15, -0.1) is 0 Å². The molecule has 0 spiro atoms. The van der Waals surface area contributed by atoms with Gasteiger partial charge in [0, 0.05) is 191 Å². The Labute approximate surface area is 853 Å². The number of carbonyl (C=O) groups excluding carboxylic acids is 4. The maximum Gasteiger partial charge on any atom is 0.321 e. The van der Waals surface area contributed by atoms with E-state index in [4.69, 9.17) is 24.4 Å². The fraction of sp³-hybridized carbons (Fsp3) is 0.373. The first kappa shape index (κ1) is 105. The Hall–Kier alpha value is -14.0. The van der Waals surface area contributed by atoms with Crippen LogP contribution in [0.1, 0.15) is 149 Å². The summed E-state index contributed by atoms with van der Waals surface area (Å²) < 4.78 is 14.5. The van der Waals surface area contributed by atoms with Crippen LogP contribution >= 0.6 is 45.3 Å². The number of urea groups is 4. The van der Waals surface area contributed by atoms with Crippen LogP contribution in [0.25, 0.3) is 119 Å². The van der Waals surface area contributed by atoms with Crippen LogP contribution in [0.3, 0.4) is 0 Å². The number of aryl methyl sites for hydroxylation is 1. The van der Waals surface area contributed by atoms with Crippen LogP contribution < -0.4 is 47.4 Å². The lowest BCUT2D eigenvalue weighted by Gasteiger charge is -2.37. The monoisotopic (exact) mass is 2040 g/mol. The summed E-state index contributed by atoms with van der Waals surface area (Å²) in [6, 6.07) is 26.0. The smallest absolute Gasteiger partial charge is 0.321 e. The molecule has 8 amide bonds. The third kappa shape index (κ3) is 26.2. The number of phenols is 1. The second-order valence-electron chi connectivity index (χ2n) is 37.4. The molecule has 145 heavy (non-hydrogen) atoms. The van der Waals surface area contributed by atoms with Crippen molar-refractivity contribution in [3.05, 3.63) is 187 Å². The van der Waals surface area contributed by atoms with Gasteiger partial charge in [-0.25, -0.2) is 79.0 Å².